The number of hydrogen-bond donors (Lipinski definition) is 1. The third-order valence-electron chi connectivity index (χ3n) is 3.05. The van der Waals surface area contributed by atoms with E-state index >= 15 is 0 Å². The molecule has 0 aliphatic heterocycles. The summed E-state index contributed by atoms with van der Waals surface area (Å²) < 4.78 is 0. The molecule has 92 valence electrons. The second-order valence-corrected chi connectivity index (χ2v) is 6.09. The van der Waals surface area contributed by atoms with Crippen molar-refractivity contribution in [2.75, 3.05) is 0 Å². The van der Waals surface area contributed by atoms with E-state index in [0.29, 0.717) is 12.1 Å². The molecule has 0 saturated carbocycles. The fraction of sp³-hybridized carbons (Fsp3) is 0.769. The molecule has 3 heteroatoms. The van der Waals surface area contributed by atoms with Crippen molar-refractivity contribution in [2.45, 2.75) is 59.5 Å². The number of aryl methyl sites for hydroxylation is 1. The molecule has 1 aromatic heterocycles. The molecule has 0 aromatic carbocycles. The van der Waals surface area contributed by atoms with Crippen LogP contribution in [0.25, 0.3) is 0 Å². The van der Waals surface area contributed by atoms with Gasteiger partial charge in [0.25, 0.3) is 0 Å². The molecule has 0 bridgehead atoms. The zero-order valence-electron chi connectivity index (χ0n) is 11.1. The molecule has 0 saturated heterocycles. The Balaban J connectivity index is 2.42. The van der Waals surface area contributed by atoms with Gasteiger partial charge in [0, 0.05) is 23.2 Å². The van der Waals surface area contributed by atoms with Crippen molar-refractivity contribution < 1.29 is 0 Å². The predicted octanol–water partition coefficient (Wildman–Crippen LogP) is 3.93. The van der Waals surface area contributed by atoms with E-state index in [1.807, 2.05) is 6.20 Å². The maximum atomic E-state index is 4.30. The van der Waals surface area contributed by atoms with Crippen LogP contribution in [-0.2, 0) is 0 Å². The van der Waals surface area contributed by atoms with Gasteiger partial charge >= 0.3 is 0 Å². The summed E-state index contributed by atoms with van der Waals surface area (Å²) in [4.78, 5) is 5.64. The normalized spacial score (nSPS) is 17.1. The van der Waals surface area contributed by atoms with Crippen LogP contribution in [0, 0.1) is 12.8 Å². The molecule has 2 nitrogen and oxygen atoms in total. The van der Waals surface area contributed by atoms with Crippen LogP contribution in [0.2, 0.25) is 0 Å². The highest BCUT2D eigenvalue weighted by Gasteiger charge is 2.13. The lowest BCUT2D eigenvalue weighted by Gasteiger charge is -2.21. The molecule has 0 fully saturated rings. The molecule has 1 N–H and O–H groups in total. The van der Waals surface area contributed by atoms with Crippen LogP contribution < -0.4 is 5.32 Å². The zero-order valence-corrected chi connectivity index (χ0v) is 11.9. The lowest BCUT2D eigenvalue weighted by molar-refractivity contribution is 0.387. The fourth-order valence-electron chi connectivity index (χ4n) is 1.93. The Bertz CT molecular complexity index is 309. The highest BCUT2D eigenvalue weighted by Crippen LogP contribution is 2.21. The third-order valence-corrected chi connectivity index (χ3v) is 4.15. The van der Waals surface area contributed by atoms with Gasteiger partial charge in [0.05, 0.1) is 5.01 Å². The first-order chi connectivity index (χ1) is 7.52. The standard InChI is InChI=1S/C13H24N2S/c1-6-9(2)7-10(3)15-11(4)13-8-14-12(5)16-13/h8-11,15H,6-7H2,1-5H3. The van der Waals surface area contributed by atoms with E-state index in [1.165, 1.54) is 17.7 Å². The molecule has 1 heterocycles. The number of aromatic nitrogens is 1. The van der Waals surface area contributed by atoms with Gasteiger partial charge in [-0.15, -0.1) is 11.3 Å². The zero-order chi connectivity index (χ0) is 12.1. The molecular formula is C13H24N2S. The summed E-state index contributed by atoms with van der Waals surface area (Å²) in [6.07, 6.45) is 4.51. The SMILES string of the molecule is CCC(C)CC(C)NC(C)c1cnc(C)s1. The number of nitrogens with one attached hydrogen (secondary N) is 1. The van der Waals surface area contributed by atoms with Crippen molar-refractivity contribution in [2.24, 2.45) is 5.92 Å². The number of hydrogen-bond acceptors (Lipinski definition) is 3. The van der Waals surface area contributed by atoms with Crippen LogP contribution in [0.5, 0.6) is 0 Å². The van der Waals surface area contributed by atoms with Crippen molar-refractivity contribution in [1.82, 2.24) is 10.3 Å². The maximum absolute atomic E-state index is 4.30. The monoisotopic (exact) mass is 240 g/mol. The van der Waals surface area contributed by atoms with E-state index in [2.05, 4.69) is 44.9 Å². The summed E-state index contributed by atoms with van der Waals surface area (Å²) in [5, 5.41) is 4.80. The van der Waals surface area contributed by atoms with Gasteiger partial charge in [-0.3, -0.25) is 0 Å². The van der Waals surface area contributed by atoms with Gasteiger partial charge in [-0.25, -0.2) is 4.98 Å². The van der Waals surface area contributed by atoms with Crippen molar-refractivity contribution in [1.29, 1.82) is 0 Å². The molecule has 0 radical (unpaired) electrons. The highest BCUT2D eigenvalue weighted by molar-refractivity contribution is 7.11. The van der Waals surface area contributed by atoms with Gasteiger partial charge in [0.15, 0.2) is 0 Å². The molecule has 0 aliphatic carbocycles. The van der Waals surface area contributed by atoms with Crippen LogP contribution >= 0.6 is 11.3 Å². The Morgan fingerprint density at radius 3 is 2.56 bits per heavy atom. The minimum Gasteiger partial charge on any atom is -0.307 e. The van der Waals surface area contributed by atoms with E-state index in [4.69, 9.17) is 0 Å². The van der Waals surface area contributed by atoms with Crippen LogP contribution in [0.15, 0.2) is 6.20 Å². The van der Waals surface area contributed by atoms with E-state index < -0.39 is 0 Å². The molecule has 1 rings (SSSR count). The molecule has 0 aliphatic rings. The molecular weight excluding hydrogens is 216 g/mol. The molecule has 16 heavy (non-hydrogen) atoms. The molecule has 3 atom stereocenters. The summed E-state index contributed by atoms with van der Waals surface area (Å²) in [5.74, 6) is 0.804. The second kappa shape index (κ2) is 6.36. The molecule has 0 amide bonds. The Hall–Kier alpha value is -0.410. The van der Waals surface area contributed by atoms with Gasteiger partial charge < -0.3 is 5.32 Å². The Morgan fingerprint density at radius 1 is 1.38 bits per heavy atom. The lowest BCUT2D eigenvalue weighted by Crippen LogP contribution is -2.29. The molecule has 0 spiro atoms. The van der Waals surface area contributed by atoms with Gasteiger partial charge in [0.2, 0.25) is 0 Å². The van der Waals surface area contributed by atoms with Crippen molar-refractivity contribution in [3.8, 4) is 0 Å². The first kappa shape index (κ1) is 13.7. The first-order valence-electron chi connectivity index (χ1n) is 6.21. The van der Waals surface area contributed by atoms with E-state index in [-0.39, 0.29) is 0 Å². The smallest absolute Gasteiger partial charge is 0.0897 e. The van der Waals surface area contributed by atoms with Gasteiger partial charge in [0.1, 0.15) is 0 Å². The number of thiazole rings is 1. The summed E-state index contributed by atoms with van der Waals surface area (Å²) in [5.41, 5.74) is 0. The quantitative estimate of drug-likeness (QED) is 0.815. The van der Waals surface area contributed by atoms with Crippen molar-refractivity contribution in [3.63, 3.8) is 0 Å². The largest absolute Gasteiger partial charge is 0.307 e. The topological polar surface area (TPSA) is 24.9 Å². The minimum atomic E-state index is 0.422. The lowest BCUT2D eigenvalue weighted by atomic mass is 10.00. The van der Waals surface area contributed by atoms with Crippen LogP contribution in [0.1, 0.15) is 56.5 Å². The van der Waals surface area contributed by atoms with Crippen molar-refractivity contribution in [3.05, 3.63) is 16.1 Å². The minimum absolute atomic E-state index is 0.422. The summed E-state index contributed by atoms with van der Waals surface area (Å²) in [6.45, 7) is 11.1. The van der Waals surface area contributed by atoms with Crippen LogP contribution in [-0.4, -0.2) is 11.0 Å². The maximum Gasteiger partial charge on any atom is 0.0897 e. The average molecular weight is 240 g/mol. The van der Waals surface area contributed by atoms with Gasteiger partial charge in [-0.2, -0.15) is 0 Å². The van der Waals surface area contributed by atoms with Crippen molar-refractivity contribution >= 4 is 11.3 Å². The fourth-order valence-corrected chi connectivity index (χ4v) is 2.72. The van der Waals surface area contributed by atoms with Gasteiger partial charge in [-0.05, 0) is 33.1 Å². The van der Waals surface area contributed by atoms with E-state index in [0.717, 1.165) is 10.9 Å². The Kier molecular flexibility index (Phi) is 5.42. The molecule has 3 unspecified atom stereocenters. The number of rotatable bonds is 6. The Labute approximate surface area is 103 Å². The predicted molar refractivity (Wildman–Crippen MR) is 71.9 cm³/mol. The van der Waals surface area contributed by atoms with E-state index in [1.54, 1.807) is 11.3 Å². The second-order valence-electron chi connectivity index (χ2n) is 4.82. The summed E-state index contributed by atoms with van der Waals surface area (Å²) >= 11 is 1.79. The van der Waals surface area contributed by atoms with E-state index in [9.17, 15) is 0 Å². The highest BCUT2D eigenvalue weighted by atomic mass is 32.1. The average Bonchev–Trinajstić information content (AvgIpc) is 2.64. The first-order valence-corrected chi connectivity index (χ1v) is 7.03. The summed E-state index contributed by atoms with van der Waals surface area (Å²) in [7, 11) is 0. The summed E-state index contributed by atoms with van der Waals surface area (Å²) in [6, 6.07) is 0.998. The van der Waals surface area contributed by atoms with Gasteiger partial charge in [-0.1, -0.05) is 20.3 Å². The molecule has 1 aromatic rings. The Morgan fingerprint density at radius 2 is 2.06 bits per heavy atom. The third kappa shape index (κ3) is 4.22. The van der Waals surface area contributed by atoms with Crippen LogP contribution in [0.4, 0.5) is 0 Å². The number of nitrogens with zero attached hydrogens (tertiary/aromatic N) is 1. The van der Waals surface area contributed by atoms with Crippen LogP contribution in [0.3, 0.4) is 0 Å².